The third-order valence-electron chi connectivity index (χ3n) is 0.512. The predicted molar refractivity (Wildman–Crippen MR) is 30.0 cm³/mol. The molecule has 0 atom stereocenters. The molecule has 0 aliphatic rings. The van der Waals surface area contributed by atoms with Crippen molar-refractivity contribution in [2.45, 2.75) is 19.8 Å². The van der Waals surface area contributed by atoms with Crippen molar-refractivity contribution in [3.8, 4) is 0 Å². The summed E-state index contributed by atoms with van der Waals surface area (Å²) in [5.41, 5.74) is 0. The summed E-state index contributed by atoms with van der Waals surface area (Å²) in [6.07, 6.45) is 2.04. The molecule has 0 rings (SSSR count). The van der Waals surface area contributed by atoms with Crippen LogP contribution in [0.25, 0.3) is 0 Å². The van der Waals surface area contributed by atoms with Crippen molar-refractivity contribution in [1.82, 2.24) is 0 Å². The summed E-state index contributed by atoms with van der Waals surface area (Å²) >= 11 is 0. The van der Waals surface area contributed by atoms with Gasteiger partial charge in [-0.3, -0.25) is 0 Å². The molecule has 2 heteroatoms. The number of hydrogen-bond acceptors (Lipinski definition) is 1. The zero-order valence-corrected chi connectivity index (χ0v) is 6.48. The maximum absolute atomic E-state index is 8.07. The first-order valence-corrected chi connectivity index (χ1v) is 2.02. The van der Waals surface area contributed by atoms with Crippen LogP contribution in [0.5, 0.6) is 0 Å². The summed E-state index contributed by atoms with van der Waals surface area (Å²) in [7, 11) is 0. The van der Waals surface area contributed by atoms with E-state index in [2.05, 4.69) is 6.92 Å². The smallest absolute Gasteiger partial charge is 1.00 e. The number of hydrogen-bond donors (Lipinski definition) is 1. The molecule has 0 heterocycles. The van der Waals surface area contributed by atoms with Crippen molar-refractivity contribution >= 4 is 37.7 Å². The van der Waals surface area contributed by atoms with Crippen molar-refractivity contribution in [2.24, 2.45) is 0 Å². The Hall–Kier alpha value is 1.22. The van der Waals surface area contributed by atoms with Gasteiger partial charge in [0.15, 0.2) is 0 Å². The predicted octanol–water partition coefficient (Wildman–Crippen LogP) is 0.623. The Morgan fingerprint density at radius 1 is 1.67 bits per heavy atom. The molecular weight excluding hydrogens is 104 g/mol. The maximum Gasteiger partial charge on any atom is 2.00 e. The summed E-state index contributed by atoms with van der Waals surface area (Å²) in [5, 5.41) is 8.07. The van der Waals surface area contributed by atoms with Gasteiger partial charge in [-0.05, 0) is 6.42 Å². The molecule has 0 radical (unpaired) electrons. The van der Waals surface area contributed by atoms with E-state index in [0.717, 1.165) is 12.8 Å². The molecule has 0 spiro atoms. The normalized spacial score (nSPS) is 7.00. The summed E-state index contributed by atoms with van der Waals surface area (Å²) in [6, 6.07) is 0. The molecule has 0 bridgehead atoms. The quantitative estimate of drug-likeness (QED) is 0.524. The van der Waals surface area contributed by atoms with E-state index in [-0.39, 0.29) is 40.6 Å². The second-order valence-corrected chi connectivity index (χ2v) is 1.08. The van der Waals surface area contributed by atoms with Crippen LogP contribution >= 0.6 is 0 Å². The monoisotopic (exact) mass is 116 g/mol. The van der Waals surface area contributed by atoms with Gasteiger partial charge in [0.2, 0.25) is 0 Å². The Morgan fingerprint density at radius 2 is 2.17 bits per heavy atom. The van der Waals surface area contributed by atoms with E-state index in [0.29, 0.717) is 6.61 Å². The Bertz CT molecular complexity index is 21.5. The van der Waals surface area contributed by atoms with Crippen LogP contribution in [0.3, 0.4) is 0 Å². The van der Waals surface area contributed by atoms with Gasteiger partial charge in [0, 0.05) is 6.61 Å². The number of aliphatic hydroxyl groups excluding tert-OH is 1. The Morgan fingerprint density at radius 3 is 2.17 bits per heavy atom. The van der Waals surface area contributed by atoms with E-state index >= 15 is 0 Å². The minimum absolute atomic E-state index is 0. The van der Waals surface area contributed by atoms with Crippen LogP contribution in [0.2, 0.25) is 0 Å². The third kappa shape index (κ3) is 8.97. The Balaban J connectivity index is -0.0000000267. The van der Waals surface area contributed by atoms with E-state index in [1.54, 1.807) is 0 Å². The van der Waals surface area contributed by atoms with Crippen LogP contribution < -0.4 is 0 Å². The molecule has 0 aromatic heterocycles. The average molecular weight is 116 g/mol. The van der Waals surface area contributed by atoms with E-state index in [9.17, 15) is 0 Å². The Kier molecular flexibility index (Phi) is 16.3. The van der Waals surface area contributed by atoms with Crippen LogP contribution in [-0.2, 0) is 0 Å². The van der Waals surface area contributed by atoms with Gasteiger partial charge >= 0.3 is 37.7 Å². The minimum atomic E-state index is 0. The molecule has 36 valence electrons. The zero-order chi connectivity index (χ0) is 4.12. The Labute approximate surface area is 71.7 Å². The number of unbranched alkanes of at least 4 members (excludes halogenated alkanes) is 1. The topological polar surface area (TPSA) is 20.2 Å². The van der Waals surface area contributed by atoms with Gasteiger partial charge in [-0.25, -0.2) is 0 Å². The van der Waals surface area contributed by atoms with Crippen molar-refractivity contribution in [3.05, 3.63) is 0 Å². The minimum Gasteiger partial charge on any atom is -1.00 e. The van der Waals surface area contributed by atoms with Gasteiger partial charge in [-0.15, -0.1) is 0 Å². The summed E-state index contributed by atoms with van der Waals surface area (Å²) in [6.45, 7) is 2.40. The van der Waals surface area contributed by atoms with E-state index in [4.69, 9.17) is 5.11 Å². The SMILES string of the molecule is CCCCO.[Ca+2].[H-].[H-]. The van der Waals surface area contributed by atoms with E-state index in [1.807, 2.05) is 0 Å². The van der Waals surface area contributed by atoms with Crippen LogP contribution in [0.15, 0.2) is 0 Å². The van der Waals surface area contributed by atoms with E-state index in [1.165, 1.54) is 0 Å². The van der Waals surface area contributed by atoms with Gasteiger partial charge in [-0.1, -0.05) is 13.3 Å². The summed E-state index contributed by atoms with van der Waals surface area (Å²) in [4.78, 5) is 0. The van der Waals surface area contributed by atoms with Gasteiger partial charge in [0.05, 0.1) is 0 Å². The molecule has 0 aliphatic heterocycles. The molecule has 0 unspecified atom stereocenters. The van der Waals surface area contributed by atoms with Crippen LogP contribution in [0.1, 0.15) is 22.6 Å². The second-order valence-electron chi connectivity index (χ2n) is 1.08. The van der Waals surface area contributed by atoms with Crippen LogP contribution in [0, 0.1) is 0 Å². The van der Waals surface area contributed by atoms with Crippen LogP contribution in [0.4, 0.5) is 0 Å². The first-order chi connectivity index (χ1) is 2.41. The molecule has 6 heavy (non-hydrogen) atoms. The molecule has 1 nitrogen and oxygen atoms in total. The molecule has 0 amide bonds. The maximum atomic E-state index is 8.07. The molecular formula is C4H12CaO. The van der Waals surface area contributed by atoms with Crippen molar-refractivity contribution < 1.29 is 7.96 Å². The van der Waals surface area contributed by atoms with Gasteiger partial charge in [0.1, 0.15) is 0 Å². The van der Waals surface area contributed by atoms with Gasteiger partial charge < -0.3 is 7.96 Å². The number of rotatable bonds is 2. The summed E-state index contributed by atoms with van der Waals surface area (Å²) in [5.74, 6) is 0. The second kappa shape index (κ2) is 9.52. The fraction of sp³-hybridized carbons (Fsp3) is 1.00. The largest absolute Gasteiger partial charge is 2.00 e. The zero-order valence-electron chi connectivity index (χ0n) is 6.28. The standard InChI is InChI=1S/C4H10O.Ca.2H/c1-2-3-4-5;;;/h5H,2-4H2,1H3;;;/q;+2;2*-1. The fourth-order valence-electron chi connectivity index (χ4n) is 0.158. The van der Waals surface area contributed by atoms with Gasteiger partial charge in [-0.2, -0.15) is 0 Å². The molecule has 0 aliphatic carbocycles. The molecule has 0 aromatic carbocycles. The summed E-state index contributed by atoms with van der Waals surface area (Å²) < 4.78 is 0. The fourth-order valence-corrected chi connectivity index (χ4v) is 0.158. The first kappa shape index (κ1) is 10.3. The number of aliphatic hydroxyl groups is 1. The van der Waals surface area contributed by atoms with Crippen LogP contribution in [-0.4, -0.2) is 49.5 Å². The van der Waals surface area contributed by atoms with E-state index < -0.39 is 0 Å². The third-order valence-corrected chi connectivity index (χ3v) is 0.512. The van der Waals surface area contributed by atoms with Crippen molar-refractivity contribution in [1.29, 1.82) is 0 Å². The molecule has 0 saturated heterocycles. The van der Waals surface area contributed by atoms with Gasteiger partial charge in [0.25, 0.3) is 0 Å². The molecule has 0 saturated carbocycles. The first-order valence-electron chi connectivity index (χ1n) is 2.02. The van der Waals surface area contributed by atoms with Crippen molar-refractivity contribution in [2.75, 3.05) is 6.61 Å². The van der Waals surface area contributed by atoms with Crippen molar-refractivity contribution in [3.63, 3.8) is 0 Å². The molecule has 0 fully saturated rings. The molecule has 1 N–H and O–H groups in total. The average Bonchev–Trinajstić information content (AvgIpc) is 1.41. The molecule has 0 aromatic rings.